The molecule has 3 N–H and O–H groups in total. The van der Waals surface area contributed by atoms with Crippen LogP contribution < -0.4 is 5.73 Å². The van der Waals surface area contributed by atoms with Crippen LogP contribution in [0.4, 0.5) is 5.69 Å². The Morgan fingerprint density at radius 1 is 1.24 bits per heavy atom. The second kappa shape index (κ2) is 6.92. The van der Waals surface area contributed by atoms with Gasteiger partial charge in [-0.15, -0.1) is 0 Å². The molecule has 5 heteroatoms. The normalized spacial score (nSPS) is 15.4. The van der Waals surface area contributed by atoms with Gasteiger partial charge in [-0.1, -0.05) is 25.0 Å². The number of nitrogens with two attached hydrogens (primary N) is 1. The molecule has 1 aliphatic rings. The molecule has 0 aliphatic heterocycles. The minimum Gasteiger partial charge on any atom is -0.480 e. The molecule has 0 aromatic heterocycles. The largest absolute Gasteiger partial charge is 0.480 e. The van der Waals surface area contributed by atoms with Crippen molar-refractivity contribution in [2.24, 2.45) is 0 Å². The van der Waals surface area contributed by atoms with Crippen LogP contribution in [0.2, 0.25) is 0 Å². The van der Waals surface area contributed by atoms with E-state index in [1.165, 1.54) is 11.0 Å². The molecule has 0 radical (unpaired) electrons. The fraction of sp³-hybridized carbons (Fsp3) is 0.375. The lowest BCUT2D eigenvalue weighted by molar-refractivity contribution is -0.144. The van der Waals surface area contributed by atoms with Crippen LogP contribution in [-0.4, -0.2) is 34.5 Å². The smallest absolute Gasteiger partial charge is 0.323 e. The van der Waals surface area contributed by atoms with Crippen molar-refractivity contribution >= 4 is 23.6 Å². The number of nitrogen functional groups attached to an aromatic ring is 1. The van der Waals surface area contributed by atoms with Gasteiger partial charge in [-0.2, -0.15) is 0 Å². The van der Waals surface area contributed by atoms with E-state index in [0.29, 0.717) is 5.69 Å². The van der Waals surface area contributed by atoms with Crippen molar-refractivity contribution in [1.29, 1.82) is 0 Å². The first-order valence-corrected chi connectivity index (χ1v) is 7.12. The van der Waals surface area contributed by atoms with Crippen molar-refractivity contribution in [3.63, 3.8) is 0 Å². The predicted octanol–water partition coefficient (Wildman–Crippen LogP) is 2.14. The van der Waals surface area contributed by atoms with Crippen LogP contribution in [0.5, 0.6) is 0 Å². The van der Waals surface area contributed by atoms with Crippen molar-refractivity contribution in [3.05, 3.63) is 35.9 Å². The number of carbonyl (C=O) groups is 2. The van der Waals surface area contributed by atoms with E-state index in [1.54, 1.807) is 18.2 Å². The van der Waals surface area contributed by atoms with Crippen molar-refractivity contribution in [2.75, 3.05) is 12.3 Å². The molecular formula is C16H20N2O3. The molecule has 0 atom stereocenters. The first kappa shape index (κ1) is 15.1. The van der Waals surface area contributed by atoms with Gasteiger partial charge < -0.3 is 15.7 Å². The molecule has 0 bridgehead atoms. The van der Waals surface area contributed by atoms with E-state index in [1.807, 2.05) is 12.1 Å². The van der Waals surface area contributed by atoms with Crippen LogP contribution in [0.3, 0.4) is 0 Å². The van der Waals surface area contributed by atoms with E-state index < -0.39 is 5.97 Å². The summed E-state index contributed by atoms with van der Waals surface area (Å²) in [7, 11) is 0. The molecule has 0 unspecified atom stereocenters. The van der Waals surface area contributed by atoms with E-state index in [9.17, 15) is 9.59 Å². The Kier molecular flexibility index (Phi) is 4.98. The quantitative estimate of drug-likeness (QED) is 0.642. The van der Waals surface area contributed by atoms with Crippen LogP contribution in [0.1, 0.15) is 31.2 Å². The number of anilines is 1. The monoisotopic (exact) mass is 288 g/mol. The third kappa shape index (κ3) is 4.34. The van der Waals surface area contributed by atoms with Gasteiger partial charge in [0.25, 0.3) is 0 Å². The molecule has 112 valence electrons. The molecule has 1 aromatic rings. The first-order chi connectivity index (χ1) is 10.1. The number of nitrogens with zero attached hydrogens (tertiary/aromatic N) is 1. The van der Waals surface area contributed by atoms with E-state index >= 15 is 0 Å². The molecule has 21 heavy (non-hydrogen) atoms. The zero-order valence-corrected chi connectivity index (χ0v) is 11.9. The molecule has 1 aromatic carbocycles. The molecule has 0 saturated heterocycles. The average Bonchev–Trinajstić information content (AvgIpc) is 2.97. The van der Waals surface area contributed by atoms with Crippen LogP contribution in [0, 0.1) is 0 Å². The number of carboxylic acids is 1. The van der Waals surface area contributed by atoms with Gasteiger partial charge in [0.05, 0.1) is 0 Å². The fourth-order valence-corrected chi connectivity index (χ4v) is 2.62. The molecule has 1 fully saturated rings. The maximum Gasteiger partial charge on any atom is 0.323 e. The summed E-state index contributed by atoms with van der Waals surface area (Å²) in [6.07, 6.45) is 6.99. The second-order valence-corrected chi connectivity index (χ2v) is 5.30. The van der Waals surface area contributed by atoms with Gasteiger partial charge in [-0.3, -0.25) is 9.59 Å². The summed E-state index contributed by atoms with van der Waals surface area (Å²) in [5.41, 5.74) is 7.13. The summed E-state index contributed by atoms with van der Waals surface area (Å²) >= 11 is 0. The number of aliphatic carboxylic acids is 1. The number of carbonyl (C=O) groups excluding carboxylic acids is 1. The van der Waals surface area contributed by atoms with Crippen molar-refractivity contribution in [2.45, 2.75) is 31.7 Å². The summed E-state index contributed by atoms with van der Waals surface area (Å²) in [4.78, 5) is 24.7. The Labute approximate surface area is 124 Å². The Morgan fingerprint density at radius 2 is 1.86 bits per heavy atom. The molecule has 1 saturated carbocycles. The number of rotatable bonds is 5. The highest BCUT2D eigenvalue weighted by molar-refractivity contribution is 5.93. The van der Waals surface area contributed by atoms with E-state index in [0.717, 1.165) is 31.2 Å². The Hall–Kier alpha value is -2.30. The highest BCUT2D eigenvalue weighted by atomic mass is 16.4. The number of benzene rings is 1. The van der Waals surface area contributed by atoms with E-state index in [4.69, 9.17) is 10.8 Å². The molecule has 0 spiro atoms. The maximum absolute atomic E-state index is 12.3. The van der Waals surface area contributed by atoms with E-state index in [-0.39, 0.29) is 18.5 Å². The van der Waals surface area contributed by atoms with Crippen molar-refractivity contribution in [3.8, 4) is 0 Å². The fourth-order valence-electron chi connectivity index (χ4n) is 2.62. The van der Waals surface area contributed by atoms with Gasteiger partial charge in [-0.25, -0.2) is 0 Å². The zero-order valence-electron chi connectivity index (χ0n) is 11.9. The molecule has 2 rings (SSSR count). The predicted molar refractivity (Wildman–Crippen MR) is 81.5 cm³/mol. The Balaban J connectivity index is 2.06. The van der Waals surface area contributed by atoms with E-state index in [2.05, 4.69) is 0 Å². The number of hydrogen-bond acceptors (Lipinski definition) is 3. The second-order valence-electron chi connectivity index (χ2n) is 5.30. The van der Waals surface area contributed by atoms with Gasteiger partial charge in [-0.05, 0) is 36.6 Å². The summed E-state index contributed by atoms with van der Waals surface area (Å²) < 4.78 is 0. The lowest BCUT2D eigenvalue weighted by Crippen LogP contribution is -2.41. The van der Waals surface area contributed by atoms with Crippen molar-refractivity contribution < 1.29 is 14.7 Å². The third-order valence-electron chi connectivity index (χ3n) is 3.71. The van der Waals surface area contributed by atoms with Crippen LogP contribution >= 0.6 is 0 Å². The maximum atomic E-state index is 12.3. The Morgan fingerprint density at radius 3 is 2.43 bits per heavy atom. The van der Waals surface area contributed by atoms with Gasteiger partial charge in [0, 0.05) is 17.8 Å². The zero-order chi connectivity index (χ0) is 15.2. The van der Waals surface area contributed by atoms with Gasteiger partial charge in [0.1, 0.15) is 6.54 Å². The van der Waals surface area contributed by atoms with Crippen LogP contribution in [0.25, 0.3) is 6.08 Å². The van der Waals surface area contributed by atoms with Gasteiger partial charge >= 0.3 is 5.97 Å². The molecule has 5 nitrogen and oxygen atoms in total. The minimum atomic E-state index is -0.976. The summed E-state index contributed by atoms with van der Waals surface area (Å²) in [6.45, 7) is -0.240. The van der Waals surface area contributed by atoms with Crippen molar-refractivity contribution in [1.82, 2.24) is 4.90 Å². The molecule has 1 amide bonds. The molecular weight excluding hydrogens is 268 g/mol. The number of amides is 1. The lowest BCUT2D eigenvalue weighted by atomic mass is 10.1. The lowest BCUT2D eigenvalue weighted by Gasteiger charge is -2.26. The van der Waals surface area contributed by atoms with Gasteiger partial charge in [0.2, 0.25) is 5.91 Å². The standard InChI is InChI=1S/C16H20N2O3/c17-13-8-5-12(6-9-13)7-10-15(19)18(11-16(20)21)14-3-1-2-4-14/h5-10,14H,1-4,11,17H2,(H,20,21)/b10-7+. The summed E-state index contributed by atoms with van der Waals surface area (Å²) in [6, 6.07) is 7.20. The highest BCUT2D eigenvalue weighted by Gasteiger charge is 2.26. The topological polar surface area (TPSA) is 83.6 Å². The van der Waals surface area contributed by atoms with Crippen LogP contribution in [0.15, 0.2) is 30.3 Å². The molecule has 0 heterocycles. The number of carboxylic acid groups (broad SMARTS) is 1. The molecule has 1 aliphatic carbocycles. The summed E-state index contributed by atoms with van der Waals surface area (Å²) in [5.74, 6) is -1.22. The SMILES string of the molecule is Nc1ccc(/C=C/C(=O)N(CC(=O)O)C2CCCC2)cc1. The third-order valence-corrected chi connectivity index (χ3v) is 3.71. The van der Waals surface area contributed by atoms with Gasteiger partial charge in [0.15, 0.2) is 0 Å². The average molecular weight is 288 g/mol. The summed E-state index contributed by atoms with van der Waals surface area (Å²) in [5, 5.41) is 8.98. The number of hydrogen-bond donors (Lipinski definition) is 2. The Bertz CT molecular complexity index is 531. The first-order valence-electron chi connectivity index (χ1n) is 7.12. The highest BCUT2D eigenvalue weighted by Crippen LogP contribution is 2.23. The minimum absolute atomic E-state index is 0.0460. The van der Waals surface area contributed by atoms with Crippen LogP contribution in [-0.2, 0) is 9.59 Å².